The van der Waals surface area contributed by atoms with Crippen LogP contribution in [0.4, 0.5) is 0 Å². The number of methoxy groups -OCH3 is 1. The maximum absolute atomic E-state index is 5.90. The Morgan fingerprint density at radius 1 is 1.24 bits per heavy atom. The lowest BCUT2D eigenvalue weighted by Crippen LogP contribution is -2.22. The van der Waals surface area contributed by atoms with Crippen molar-refractivity contribution in [2.45, 2.75) is 39.5 Å². The normalized spacial score (nSPS) is 12.2. The quantitative estimate of drug-likeness (QED) is 0.366. The first-order valence-electron chi connectivity index (χ1n) is 9.81. The van der Waals surface area contributed by atoms with Crippen LogP contribution in [0.1, 0.15) is 37.9 Å². The number of rotatable bonds is 11. The maximum atomic E-state index is 5.90. The van der Waals surface area contributed by atoms with E-state index in [1.165, 1.54) is 5.56 Å². The van der Waals surface area contributed by atoms with Crippen LogP contribution in [0.5, 0.6) is 0 Å². The Kier molecular flexibility index (Phi) is 9.96. The van der Waals surface area contributed by atoms with Crippen molar-refractivity contribution in [1.29, 1.82) is 0 Å². The molecule has 0 aliphatic rings. The molecule has 156 valence electrons. The van der Waals surface area contributed by atoms with Crippen molar-refractivity contribution in [1.82, 2.24) is 4.90 Å². The molecule has 2 heterocycles. The molecule has 4 nitrogen and oxygen atoms in total. The summed E-state index contributed by atoms with van der Waals surface area (Å²) >= 11 is 1.69. The largest absolute Gasteiger partial charge is 0.460 e. The Hall–Kier alpha value is -2.10. The molecular formula is C24H31NO3S. The average molecular weight is 414 g/mol. The molecule has 0 fully saturated rings. The maximum Gasteiger partial charge on any atom is 0.126 e. The zero-order chi connectivity index (χ0) is 21.0. The van der Waals surface area contributed by atoms with Crippen molar-refractivity contribution >= 4 is 17.4 Å². The molecule has 0 aromatic carbocycles. The van der Waals surface area contributed by atoms with E-state index in [4.69, 9.17) is 13.9 Å². The Morgan fingerprint density at radius 2 is 2.10 bits per heavy atom. The van der Waals surface area contributed by atoms with Crippen LogP contribution >= 0.6 is 11.3 Å². The Balaban J connectivity index is 1.74. The lowest BCUT2D eigenvalue weighted by atomic mass is 10.1. The summed E-state index contributed by atoms with van der Waals surface area (Å²) in [6, 6.07) is 6.10. The third-order valence-corrected chi connectivity index (χ3v) is 5.03. The van der Waals surface area contributed by atoms with Crippen LogP contribution in [0.3, 0.4) is 0 Å². The third-order valence-electron chi connectivity index (χ3n) is 4.30. The molecule has 2 rings (SSSR count). The second kappa shape index (κ2) is 12.5. The van der Waals surface area contributed by atoms with Gasteiger partial charge < -0.3 is 13.9 Å². The molecular weight excluding hydrogens is 382 g/mol. The predicted octanol–water partition coefficient (Wildman–Crippen LogP) is 5.38. The topological polar surface area (TPSA) is 34.8 Å². The second-order valence-electron chi connectivity index (χ2n) is 7.07. The molecule has 0 unspecified atom stereocenters. The lowest BCUT2D eigenvalue weighted by Gasteiger charge is -2.16. The first kappa shape index (κ1) is 23.2. The number of hydrogen-bond acceptors (Lipinski definition) is 5. The molecule has 0 bridgehead atoms. The molecule has 0 radical (unpaired) electrons. The van der Waals surface area contributed by atoms with Gasteiger partial charge in [-0.25, -0.2) is 0 Å². The zero-order valence-corrected chi connectivity index (χ0v) is 18.6. The number of hydrogen-bond donors (Lipinski definition) is 0. The van der Waals surface area contributed by atoms with Gasteiger partial charge in [0.1, 0.15) is 17.1 Å². The molecule has 5 heteroatoms. The van der Waals surface area contributed by atoms with Gasteiger partial charge in [0, 0.05) is 13.7 Å². The molecule has 2 aromatic rings. The summed E-state index contributed by atoms with van der Waals surface area (Å²) in [5.41, 5.74) is 0.799. The van der Waals surface area contributed by atoms with Gasteiger partial charge in [0.2, 0.25) is 0 Å². The number of thiophene rings is 1. The summed E-state index contributed by atoms with van der Waals surface area (Å²) in [5.74, 6) is 7.91. The lowest BCUT2D eigenvalue weighted by molar-refractivity contribution is 0.0742. The first-order valence-corrected chi connectivity index (χ1v) is 10.8. The van der Waals surface area contributed by atoms with E-state index in [0.29, 0.717) is 13.2 Å². The van der Waals surface area contributed by atoms with E-state index in [9.17, 15) is 0 Å². The number of furan rings is 1. The van der Waals surface area contributed by atoms with Crippen molar-refractivity contribution in [3.8, 4) is 11.8 Å². The number of allylic oxidation sites excluding steroid dienone is 1. The molecule has 0 saturated heterocycles. The monoisotopic (exact) mass is 413 g/mol. The van der Waals surface area contributed by atoms with E-state index in [1.807, 2.05) is 44.2 Å². The van der Waals surface area contributed by atoms with E-state index in [0.717, 1.165) is 31.2 Å². The van der Waals surface area contributed by atoms with Crippen molar-refractivity contribution in [3.05, 3.63) is 64.3 Å². The summed E-state index contributed by atoms with van der Waals surface area (Å²) in [7, 11) is 1.67. The van der Waals surface area contributed by atoms with Crippen LogP contribution in [-0.2, 0) is 22.6 Å². The highest BCUT2D eigenvalue weighted by Crippen LogP contribution is 2.13. The van der Waals surface area contributed by atoms with Crippen molar-refractivity contribution < 1.29 is 13.9 Å². The summed E-state index contributed by atoms with van der Waals surface area (Å²) in [6.45, 7) is 9.77. The second-order valence-corrected chi connectivity index (χ2v) is 7.85. The molecule has 0 aliphatic carbocycles. The van der Waals surface area contributed by atoms with Crippen LogP contribution in [-0.4, -0.2) is 37.3 Å². The van der Waals surface area contributed by atoms with Crippen LogP contribution in [0.15, 0.2) is 51.6 Å². The fraction of sp³-hybridized carbons (Fsp3) is 0.417. The minimum atomic E-state index is -0.415. The fourth-order valence-electron chi connectivity index (χ4n) is 2.41. The molecule has 29 heavy (non-hydrogen) atoms. The summed E-state index contributed by atoms with van der Waals surface area (Å²) in [6.07, 6.45) is 7.89. The Bertz CT molecular complexity index is 822. The van der Waals surface area contributed by atoms with Gasteiger partial charge in [-0.3, -0.25) is 4.90 Å². The van der Waals surface area contributed by atoms with E-state index in [1.54, 1.807) is 18.4 Å². The summed E-state index contributed by atoms with van der Waals surface area (Å²) in [5, 5.41) is 4.16. The van der Waals surface area contributed by atoms with Gasteiger partial charge in [-0.15, -0.1) is 0 Å². The van der Waals surface area contributed by atoms with Gasteiger partial charge in [0.15, 0.2) is 0 Å². The zero-order valence-electron chi connectivity index (χ0n) is 17.8. The predicted molar refractivity (Wildman–Crippen MR) is 121 cm³/mol. The first-order chi connectivity index (χ1) is 14.0. The standard InChI is InChI=1S/C24H31NO3S/c1-5-25(15-8-6-7-14-24(2,3)26-4)18-23-12-11-22(28-23)10-9-16-27-19-21-13-17-29-20-21/h6,8-13,17,20H,5,15-16,18-19H2,1-4H3. The minimum Gasteiger partial charge on any atom is -0.460 e. The number of likely N-dealkylation sites (N-methyl/N-ethyl adjacent to an activating group) is 1. The van der Waals surface area contributed by atoms with Crippen LogP contribution < -0.4 is 0 Å². The van der Waals surface area contributed by atoms with Gasteiger partial charge in [-0.2, -0.15) is 11.3 Å². The molecule has 2 aromatic heterocycles. The minimum absolute atomic E-state index is 0.415. The molecule has 0 N–H and O–H groups in total. The molecule has 0 aliphatic heterocycles. The van der Waals surface area contributed by atoms with E-state index in [2.05, 4.69) is 46.6 Å². The van der Waals surface area contributed by atoms with Gasteiger partial charge in [0.25, 0.3) is 0 Å². The molecule has 0 atom stereocenters. The van der Waals surface area contributed by atoms with Crippen LogP contribution in [0.25, 0.3) is 6.08 Å². The smallest absolute Gasteiger partial charge is 0.126 e. The fourth-order valence-corrected chi connectivity index (χ4v) is 3.06. The molecule has 0 saturated carbocycles. The van der Waals surface area contributed by atoms with E-state index >= 15 is 0 Å². The van der Waals surface area contributed by atoms with Crippen molar-refractivity contribution in [2.24, 2.45) is 0 Å². The highest BCUT2D eigenvalue weighted by Gasteiger charge is 2.10. The van der Waals surface area contributed by atoms with Gasteiger partial charge in [0.05, 0.1) is 19.8 Å². The highest BCUT2D eigenvalue weighted by molar-refractivity contribution is 7.07. The molecule has 0 amide bonds. The van der Waals surface area contributed by atoms with Gasteiger partial charge in [-0.05, 0) is 67.1 Å². The third kappa shape index (κ3) is 9.29. The van der Waals surface area contributed by atoms with E-state index in [-0.39, 0.29) is 0 Å². The van der Waals surface area contributed by atoms with Crippen molar-refractivity contribution in [3.63, 3.8) is 0 Å². The Morgan fingerprint density at radius 3 is 2.83 bits per heavy atom. The average Bonchev–Trinajstić information content (AvgIpc) is 3.38. The van der Waals surface area contributed by atoms with Crippen LogP contribution in [0, 0.1) is 11.8 Å². The van der Waals surface area contributed by atoms with E-state index < -0.39 is 5.60 Å². The van der Waals surface area contributed by atoms with Gasteiger partial charge >= 0.3 is 0 Å². The summed E-state index contributed by atoms with van der Waals surface area (Å²) < 4.78 is 16.8. The van der Waals surface area contributed by atoms with Crippen LogP contribution in [0.2, 0.25) is 0 Å². The van der Waals surface area contributed by atoms with Crippen molar-refractivity contribution in [2.75, 3.05) is 26.8 Å². The Labute approximate surface area is 178 Å². The summed E-state index contributed by atoms with van der Waals surface area (Å²) in [4.78, 5) is 2.29. The number of ether oxygens (including phenoxy) is 2. The molecule has 0 spiro atoms. The number of nitrogens with zero attached hydrogens (tertiary/aromatic N) is 1. The highest BCUT2D eigenvalue weighted by atomic mass is 32.1. The van der Waals surface area contributed by atoms with Gasteiger partial charge in [-0.1, -0.05) is 30.9 Å². The SMILES string of the molecule is CCN(CC=CC#CC(C)(C)OC)Cc1ccc(C=CCOCc2ccsc2)o1.